The first-order valence-electron chi connectivity index (χ1n) is 7.63. The molecular weight excluding hydrogens is 308 g/mol. The molecule has 0 spiro atoms. The lowest BCUT2D eigenvalue weighted by molar-refractivity contribution is -0.117. The maximum absolute atomic E-state index is 12.4. The van der Waals surface area contributed by atoms with Gasteiger partial charge in [0.05, 0.1) is 5.52 Å². The van der Waals surface area contributed by atoms with Gasteiger partial charge in [-0.1, -0.05) is 48.0 Å². The summed E-state index contributed by atoms with van der Waals surface area (Å²) < 4.78 is 0. The standard InChI is InChI=1S/C19H15ClN2O/c20-16-7-3-2-6-13(16)14-11-15(14)19(23)22-18-10-9-12-5-1-4-8-17(12)21-18/h1-10,14-15H,11H2,(H,21,22,23). The quantitative estimate of drug-likeness (QED) is 0.764. The average molecular weight is 323 g/mol. The fourth-order valence-electron chi connectivity index (χ4n) is 2.96. The molecule has 4 heteroatoms. The van der Waals surface area contributed by atoms with E-state index in [9.17, 15) is 4.79 Å². The van der Waals surface area contributed by atoms with E-state index in [4.69, 9.17) is 11.6 Å². The van der Waals surface area contributed by atoms with Crippen LogP contribution in [0.5, 0.6) is 0 Å². The summed E-state index contributed by atoms with van der Waals surface area (Å²) in [7, 11) is 0. The number of aromatic nitrogens is 1. The van der Waals surface area contributed by atoms with E-state index in [1.54, 1.807) is 0 Å². The maximum Gasteiger partial charge on any atom is 0.229 e. The summed E-state index contributed by atoms with van der Waals surface area (Å²) in [6.45, 7) is 0. The minimum absolute atomic E-state index is 0.0118. The molecule has 0 aliphatic heterocycles. The Labute approximate surface area is 139 Å². The van der Waals surface area contributed by atoms with Gasteiger partial charge in [-0.05, 0) is 42.2 Å². The fourth-order valence-corrected chi connectivity index (χ4v) is 3.23. The highest BCUT2D eigenvalue weighted by molar-refractivity contribution is 6.31. The first kappa shape index (κ1) is 14.2. The van der Waals surface area contributed by atoms with Crippen LogP contribution in [0.1, 0.15) is 17.9 Å². The van der Waals surface area contributed by atoms with Crippen LogP contribution in [0.25, 0.3) is 10.9 Å². The third kappa shape index (κ3) is 2.80. The van der Waals surface area contributed by atoms with Gasteiger partial charge in [0.25, 0.3) is 0 Å². The van der Waals surface area contributed by atoms with Gasteiger partial charge in [-0.2, -0.15) is 0 Å². The third-order valence-electron chi connectivity index (χ3n) is 4.28. The monoisotopic (exact) mass is 322 g/mol. The second-order valence-corrected chi connectivity index (χ2v) is 6.26. The van der Waals surface area contributed by atoms with E-state index >= 15 is 0 Å². The molecule has 1 aromatic heterocycles. The molecule has 114 valence electrons. The number of hydrogen-bond donors (Lipinski definition) is 1. The van der Waals surface area contributed by atoms with Crippen molar-refractivity contribution >= 4 is 34.2 Å². The Morgan fingerprint density at radius 2 is 1.83 bits per heavy atom. The summed E-state index contributed by atoms with van der Waals surface area (Å²) >= 11 is 6.21. The largest absolute Gasteiger partial charge is 0.310 e. The third-order valence-corrected chi connectivity index (χ3v) is 4.63. The van der Waals surface area contributed by atoms with Crippen LogP contribution in [0.2, 0.25) is 5.02 Å². The molecule has 3 nitrogen and oxygen atoms in total. The molecule has 1 aliphatic rings. The van der Waals surface area contributed by atoms with Gasteiger partial charge in [0.2, 0.25) is 5.91 Å². The predicted molar refractivity (Wildman–Crippen MR) is 92.7 cm³/mol. The number of fused-ring (bicyclic) bond motifs is 1. The molecule has 1 saturated carbocycles. The van der Waals surface area contributed by atoms with E-state index < -0.39 is 0 Å². The van der Waals surface area contributed by atoms with Crippen molar-refractivity contribution in [3.8, 4) is 0 Å². The van der Waals surface area contributed by atoms with Crippen LogP contribution in [-0.2, 0) is 4.79 Å². The number of benzene rings is 2. The van der Waals surface area contributed by atoms with Crippen molar-refractivity contribution in [2.75, 3.05) is 5.32 Å². The zero-order valence-corrected chi connectivity index (χ0v) is 13.1. The molecule has 2 atom stereocenters. The molecule has 2 aromatic carbocycles. The number of rotatable bonds is 3. The number of amides is 1. The molecule has 0 bridgehead atoms. The fraction of sp³-hybridized carbons (Fsp3) is 0.158. The number of carbonyl (C=O) groups is 1. The van der Waals surface area contributed by atoms with Crippen molar-refractivity contribution in [1.29, 1.82) is 0 Å². The molecule has 1 fully saturated rings. The SMILES string of the molecule is O=C(Nc1ccc2ccccc2n1)C1CC1c1ccccc1Cl. The molecular formula is C19H15ClN2O. The van der Waals surface area contributed by atoms with Gasteiger partial charge < -0.3 is 5.32 Å². The first-order valence-corrected chi connectivity index (χ1v) is 8.01. The Morgan fingerprint density at radius 1 is 1.04 bits per heavy atom. The van der Waals surface area contributed by atoms with E-state index in [0.29, 0.717) is 5.82 Å². The Morgan fingerprint density at radius 3 is 2.70 bits per heavy atom. The highest BCUT2D eigenvalue weighted by Gasteiger charge is 2.44. The summed E-state index contributed by atoms with van der Waals surface area (Å²) in [5, 5.41) is 4.72. The number of pyridine rings is 1. The summed E-state index contributed by atoms with van der Waals surface area (Å²) in [5.41, 5.74) is 1.93. The van der Waals surface area contributed by atoms with Crippen LogP contribution in [-0.4, -0.2) is 10.9 Å². The van der Waals surface area contributed by atoms with Gasteiger partial charge in [0.1, 0.15) is 5.82 Å². The van der Waals surface area contributed by atoms with Crippen LogP contribution in [0, 0.1) is 5.92 Å². The van der Waals surface area contributed by atoms with Crippen molar-refractivity contribution < 1.29 is 4.79 Å². The normalized spacial score (nSPS) is 19.5. The molecule has 23 heavy (non-hydrogen) atoms. The number of halogens is 1. The van der Waals surface area contributed by atoms with Crippen molar-refractivity contribution in [2.45, 2.75) is 12.3 Å². The minimum Gasteiger partial charge on any atom is -0.310 e. The molecule has 1 N–H and O–H groups in total. The Hall–Kier alpha value is -2.39. The molecule has 4 rings (SSSR count). The van der Waals surface area contributed by atoms with Crippen molar-refractivity contribution in [1.82, 2.24) is 4.98 Å². The van der Waals surface area contributed by atoms with Crippen LogP contribution in [0.4, 0.5) is 5.82 Å². The molecule has 3 aromatic rings. The minimum atomic E-state index is -0.0248. The van der Waals surface area contributed by atoms with Crippen molar-refractivity contribution in [2.24, 2.45) is 5.92 Å². The van der Waals surface area contributed by atoms with Crippen molar-refractivity contribution in [3.63, 3.8) is 0 Å². The van der Waals surface area contributed by atoms with Crippen LogP contribution in [0.3, 0.4) is 0 Å². The number of nitrogens with zero attached hydrogens (tertiary/aromatic N) is 1. The topological polar surface area (TPSA) is 42.0 Å². The highest BCUT2D eigenvalue weighted by atomic mass is 35.5. The number of nitrogens with one attached hydrogen (secondary N) is 1. The number of carbonyl (C=O) groups excluding carboxylic acids is 1. The van der Waals surface area contributed by atoms with Gasteiger partial charge in [-0.15, -0.1) is 0 Å². The van der Waals surface area contributed by atoms with Gasteiger partial charge in [-0.3, -0.25) is 4.79 Å². The van der Waals surface area contributed by atoms with E-state index in [1.165, 1.54) is 0 Å². The smallest absolute Gasteiger partial charge is 0.229 e. The predicted octanol–water partition coefficient (Wildman–Crippen LogP) is 4.63. The van der Waals surface area contributed by atoms with Gasteiger partial charge in [0.15, 0.2) is 0 Å². The van der Waals surface area contributed by atoms with Gasteiger partial charge in [-0.25, -0.2) is 4.98 Å². The van der Waals surface area contributed by atoms with Crippen LogP contribution in [0.15, 0.2) is 60.7 Å². The van der Waals surface area contributed by atoms with Crippen molar-refractivity contribution in [3.05, 3.63) is 71.2 Å². The lowest BCUT2D eigenvalue weighted by Gasteiger charge is -2.06. The Bertz CT molecular complexity index is 893. The Balaban J connectivity index is 1.49. The summed E-state index contributed by atoms with van der Waals surface area (Å²) in [4.78, 5) is 16.9. The first-order chi connectivity index (χ1) is 11.2. The van der Waals surface area contributed by atoms with E-state index in [1.807, 2.05) is 60.7 Å². The molecule has 1 amide bonds. The van der Waals surface area contributed by atoms with Crippen LogP contribution >= 0.6 is 11.6 Å². The van der Waals surface area contributed by atoms with E-state index in [0.717, 1.165) is 27.9 Å². The second-order valence-electron chi connectivity index (χ2n) is 5.85. The molecule has 0 radical (unpaired) electrons. The van der Waals surface area contributed by atoms with Gasteiger partial charge in [0, 0.05) is 16.3 Å². The van der Waals surface area contributed by atoms with Crippen LogP contribution < -0.4 is 5.32 Å². The lowest BCUT2D eigenvalue weighted by Crippen LogP contribution is -2.15. The highest BCUT2D eigenvalue weighted by Crippen LogP contribution is 2.49. The molecule has 1 aliphatic carbocycles. The average Bonchev–Trinajstić information content (AvgIpc) is 3.36. The lowest BCUT2D eigenvalue weighted by atomic mass is 10.1. The van der Waals surface area contributed by atoms with E-state index in [-0.39, 0.29) is 17.7 Å². The second kappa shape index (κ2) is 5.67. The Kier molecular flexibility index (Phi) is 3.50. The molecule has 2 unspecified atom stereocenters. The zero-order chi connectivity index (χ0) is 15.8. The van der Waals surface area contributed by atoms with Gasteiger partial charge >= 0.3 is 0 Å². The zero-order valence-electron chi connectivity index (χ0n) is 12.4. The number of anilines is 1. The summed E-state index contributed by atoms with van der Waals surface area (Å²) in [5.74, 6) is 0.795. The summed E-state index contributed by atoms with van der Waals surface area (Å²) in [6.07, 6.45) is 0.836. The number of hydrogen-bond acceptors (Lipinski definition) is 2. The molecule has 1 heterocycles. The maximum atomic E-state index is 12.4. The summed E-state index contributed by atoms with van der Waals surface area (Å²) in [6, 6.07) is 19.4. The molecule has 0 saturated heterocycles. The van der Waals surface area contributed by atoms with E-state index in [2.05, 4.69) is 10.3 Å². The number of para-hydroxylation sites is 1.